The zero-order valence-corrected chi connectivity index (χ0v) is 12.2. The maximum atomic E-state index is 13.2. The van der Waals surface area contributed by atoms with Gasteiger partial charge in [-0.15, -0.1) is 0 Å². The molecule has 1 aliphatic rings. The summed E-state index contributed by atoms with van der Waals surface area (Å²) < 4.78 is 80.0. The van der Waals surface area contributed by atoms with Crippen LogP contribution >= 0.6 is 0 Å². The van der Waals surface area contributed by atoms with Gasteiger partial charge in [0, 0.05) is 0 Å². The summed E-state index contributed by atoms with van der Waals surface area (Å²) in [5, 5.41) is 0. The average molecular weight is 338 g/mol. The Balaban J connectivity index is 1.83. The maximum absolute atomic E-state index is 13.2. The van der Waals surface area contributed by atoms with Crippen molar-refractivity contribution >= 4 is 0 Å². The van der Waals surface area contributed by atoms with Gasteiger partial charge in [-0.3, -0.25) is 0 Å². The quantitative estimate of drug-likeness (QED) is 0.402. The minimum absolute atomic E-state index is 0.0305. The first-order valence-corrected chi connectivity index (χ1v) is 7.26. The molecule has 1 aromatic carbocycles. The molecule has 0 atom stereocenters. The number of hydrogen-bond acceptors (Lipinski definition) is 1. The largest absolute Gasteiger partial charge is 0.501 e. The lowest BCUT2D eigenvalue weighted by Gasteiger charge is -2.28. The van der Waals surface area contributed by atoms with Gasteiger partial charge in [-0.1, -0.05) is 0 Å². The Hall–Kier alpha value is -1.66. The molecule has 0 heterocycles. The van der Waals surface area contributed by atoms with E-state index < -0.39 is 23.6 Å². The Morgan fingerprint density at radius 1 is 1.00 bits per heavy atom. The van der Waals surface area contributed by atoms with Crippen molar-refractivity contribution in [3.8, 4) is 0 Å². The second-order valence-corrected chi connectivity index (χ2v) is 5.69. The number of ether oxygens (including phenoxy) is 1. The molecule has 0 saturated heterocycles. The van der Waals surface area contributed by atoms with E-state index in [-0.39, 0.29) is 24.5 Å². The first kappa shape index (κ1) is 17.7. The van der Waals surface area contributed by atoms with Crippen molar-refractivity contribution in [1.82, 2.24) is 0 Å². The molecule has 1 saturated carbocycles. The van der Waals surface area contributed by atoms with Gasteiger partial charge >= 0.3 is 6.18 Å². The van der Waals surface area contributed by atoms with Gasteiger partial charge in [-0.05, 0) is 55.2 Å². The lowest BCUT2D eigenvalue weighted by Crippen LogP contribution is -2.17. The molecule has 0 N–H and O–H groups in total. The van der Waals surface area contributed by atoms with Crippen LogP contribution in [0.15, 0.2) is 24.5 Å². The van der Waals surface area contributed by atoms with Gasteiger partial charge in [-0.25, -0.2) is 13.2 Å². The molecule has 1 fully saturated rings. The molecule has 23 heavy (non-hydrogen) atoms. The third kappa shape index (κ3) is 5.18. The van der Waals surface area contributed by atoms with Crippen LogP contribution in [-0.4, -0.2) is 12.8 Å². The number of hydrogen-bond donors (Lipinski definition) is 0. The number of halogens is 6. The van der Waals surface area contributed by atoms with Crippen molar-refractivity contribution < 1.29 is 31.1 Å². The summed E-state index contributed by atoms with van der Waals surface area (Å²) in [5.41, 5.74) is 0.415. The van der Waals surface area contributed by atoms with E-state index in [9.17, 15) is 26.3 Å². The Morgan fingerprint density at radius 2 is 1.57 bits per heavy atom. The van der Waals surface area contributed by atoms with E-state index in [1.165, 1.54) is 0 Å². The smallest absolute Gasteiger partial charge is 0.412 e. The summed E-state index contributed by atoms with van der Waals surface area (Å²) in [6.45, 7) is 0.172. The van der Waals surface area contributed by atoms with Crippen LogP contribution in [0.5, 0.6) is 0 Å². The topological polar surface area (TPSA) is 9.23 Å². The molecule has 0 aromatic heterocycles. The predicted molar refractivity (Wildman–Crippen MR) is 72.2 cm³/mol. The van der Waals surface area contributed by atoms with Crippen molar-refractivity contribution in [3.63, 3.8) is 0 Å². The van der Waals surface area contributed by atoms with E-state index in [1.54, 1.807) is 0 Å². The summed E-state index contributed by atoms with van der Waals surface area (Å²) >= 11 is 0. The molecule has 1 nitrogen and oxygen atoms in total. The zero-order valence-electron chi connectivity index (χ0n) is 12.2. The summed E-state index contributed by atoms with van der Waals surface area (Å²) in [7, 11) is 0. The molecule has 128 valence electrons. The molecule has 0 radical (unpaired) electrons. The zero-order chi connectivity index (χ0) is 17.0. The highest BCUT2D eigenvalue weighted by Crippen LogP contribution is 2.36. The Bertz CT molecular complexity index is 535. The maximum Gasteiger partial charge on any atom is 0.412 e. The highest BCUT2D eigenvalue weighted by Gasteiger charge is 2.25. The Kier molecular flexibility index (Phi) is 5.59. The van der Waals surface area contributed by atoms with Crippen molar-refractivity contribution in [2.24, 2.45) is 5.92 Å². The molecule has 0 aliphatic heterocycles. The standard InChI is InChI=1S/C16H16F6O/c17-13-7-12(8-14(18)15(13)19)11-3-1-10(2-4-11)9-23-6-5-16(20,21)22/h5-8,10-11H,1-4,9H2. The predicted octanol–water partition coefficient (Wildman–Crippen LogP) is 5.47. The van der Waals surface area contributed by atoms with Crippen molar-refractivity contribution in [2.75, 3.05) is 6.61 Å². The molecule has 0 unspecified atom stereocenters. The van der Waals surface area contributed by atoms with Gasteiger partial charge in [-0.2, -0.15) is 13.2 Å². The summed E-state index contributed by atoms with van der Waals surface area (Å²) in [6, 6.07) is 2.01. The molecule has 1 aromatic rings. The van der Waals surface area contributed by atoms with Gasteiger partial charge < -0.3 is 4.74 Å². The minimum atomic E-state index is -4.39. The highest BCUT2D eigenvalue weighted by molar-refractivity contribution is 5.23. The second kappa shape index (κ2) is 7.27. The van der Waals surface area contributed by atoms with Gasteiger partial charge in [0.05, 0.1) is 18.9 Å². The Labute approximate surface area is 129 Å². The third-order valence-electron chi connectivity index (χ3n) is 4.01. The van der Waals surface area contributed by atoms with Crippen LogP contribution in [0.4, 0.5) is 26.3 Å². The number of alkyl halides is 3. The number of rotatable bonds is 4. The average Bonchev–Trinajstić information content (AvgIpc) is 2.48. The van der Waals surface area contributed by atoms with Gasteiger partial charge in [0.25, 0.3) is 0 Å². The number of allylic oxidation sites excluding steroid dienone is 1. The fraction of sp³-hybridized carbons (Fsp3) is 0.500. The SMILES string of the molecule is Fc1cc(C2CCC(COC=CC(F)(F)F)CC2)cc(F)c1F. The van der Waals surface area contributed by atoms with Crippen LogP contribution in [0, 0.1) is 23.4 Å². The lowest BCUT2D eigenvalue weighted by molar-refractivity contribution is -0.0818. The molecule has 0 amide bonds. The van der Waals surface area contributed by atoms with Gasteiger partial charge in [0.2, 0.25) is 0 Å². The molecule has 0 spiro atoms. The van der Waals surface area contributed by atoms with E-state index >= 15 is 0 Å². The van der Waals surface area contributed by atoms with E-state index in [1.807, 2.05) is 0 Å². The van der Waals surface area contributed by atoms with Crippen LogP contribution < -0.4 is 0 Å². The van der Waals surface area contributed by atoms with Crippen LogP contribution in [0.1, 0.15) is 37.2 Å². The summed E-state index contributed by atoms with van der Waals surface area (Å²) in [4.78, 5) is 0. The molecule has 0 bridgehead atoms. The third-order valence-corrected chi connectivity index (χ3v) is 4.01. The van der Waals surface area contributed by atoms with E-state index in [4.69, 9.17) is 4.74 Å². The first-order chi connectivity index (χ1) is 10.8. The van der Waals surface area contributed by atoms with Gasteiger partial charge in [0.15, 0.2) is 17.5 Å². The summed E-state index contributed by atoms with van der Waals surface area (Å²) in [5.74, 6) is -3.88. The monoisotopic (exact) mass is 338 g/mol. The normalized spacial score (nSPS) is 22.5. The molecule has 2 rings (SSSR count). The molecule has 1 aliphatic carbocycles. The molecular weight excluding hydrogens is 322 g/mol. The van der Waals surface area contributed by atoms with Gasteiger partial charge in [0.1, 0.15) is 0 Å². The van der Waals surface area contributed by atoms with Crippen molar-refractivity contribution in [3.05, 3.63) is 47.5 Å². The van der Waals surface area contributed by atoms with E-state index in [2.05, 4.69) is 0 Å². The van der Waals surface area contributed by atoms with Crippen LogP contribution in [0.25, 0.3) is 0 Å². The molecular formula is C16H16F6O. The summed E-state index contributed by atoms with van der Waals surface area (Å²) in [6.07, 6.45) is -1.13. The van der Waals surface area contributed by atoms with Crippen molar-refractivity contribution in [2.45, 2.75) is 37.8 Å². The fourth-order valence-electron chi connectivity index (χ4n) is 2.79. The first-order valence-electron chi connectivity index (χ1n) is 7.26. The van der Waals surface area contributed by atoms with Crippen LogP contribution in [0.2, 0.25) is 0 Å². The Morgan fingerprint density at radius 3 is 2.09 bits per heavy atom. The van der Waals surface area contributed by atoms with Crippen molar-refractivity contribution in [1.29, 1.82) is 0 Å². The molecule has 7 heteroatoms. The second-order valence-electron chi connectivity index (χ2n) is 5.69. The number of benzene rings is 1. The minimum Gasteiger partial charge on any atom is -0.501 e. The highest BCUT2D eigenvalue weighted by atomic mass is 19.4. The van der Waals surface area contributed by atoms with E-state index in [0.717, 1.165) is 12.1 Å². The van der Waals surface area contributed by atoms with Crippen LogP contribution in [0.3, 0.4) is 0 Å². The lowest BCUT2D eigenvalue weighted by atomic mass is 9.79. The fourth-order valence-corrected chi connectivity index (χ4v) is 2.79. The van der Waals surface area contributed by atoms with Crippen LogP contribution in [-0.2, 0) is 4.74 Å². The van der Waals surface area contributed by atoms with E-state index in [0.29, 0.717) is 37.5 Å².